The molecule has 0 aromatic heterocycles. The Hall–Kier alpha value is -0.160. The summed E-state index contributed by atoms with van der Waals surface area (Å²) in [5.41, 5.74) is 6.80. The maximum Gasteiger partial charge on any atom is 0.0912 e. The average molecular weight is 279 g/mol. The number of rotatable bonds is 3. The van der Waals surface area contributed by atoms with E-state index in [0.29, 0.717) is 6.42 Å². The smallest absolute Gasteiger partial charge is 0.0912 e. The van der Waals surface area contributed by atoms with Gasteiger partial charge in [0.15, 0.2) is 0 Å². The van der Waals surface area contributed by atoms with Gasteiger partial charge in [-0.3, -0.25) is 4.39 Å². The van der Waals surface area contributed by atoms with Crippen LogP contribution in [0.3, 0.4) is 0 Å². The molecule has 0 spiro atoms. The van der Waals surface area contributed by atoms with Crippen LogP contribution in [0.1, 0.15) is 18.0 Å². The van der Waals surface area contributed by atoms with Crippen LogP contribution in [0, 0.1) is 3.57 Å². The van der Waals surface area contributed by atoms with Gasteiger partial charge in [-0.2, -0.15) is 0 Å². The number of alkyl halides is 1. The third-order valence-electron chi connectivity index (χ3n) is 1.72. The summed E-state index contributed by atoms with van der Waals surface area (Å²) in [5, 5.41) is 0. The molecule has 0 fully saturated rings. The molecule has 0 heterocycles. The maximum absolute atomic E-state index is 12.0. The fourth-order valence-electron chi connectivity index (χ4n) is 1.05. The molecule has 0 saturated carbocycles. The summed E-state index contributed by atoms with van der Waals surface area (Å²) in [4.78, 5) is 0. The second kappa shape index (κ2) is 4.77. The van der Waals surface area contributed by atoms with E-state index >= 15 is 0 Å². The van der Waals surface area contributed by atoms with Crippen molar-refractivity contribution in [3.05, 3.63) is 33.4 Å². The Bertz CT molecular complexity index is 252. The van der Waals surface area contributed by atoms with Gasteiger partial charge in [0.25, 0.3) is 0 Å². The van der Waals surface area contributed by atoms with Crippen molar-refractivity contribution in [1.82, 2.24) is 0 Å². The van der Waals surface area contributed by atoms with Crippen molar-refractivity contribution in [3.8, 4) is 0 Å². The summed E-state index contributed by atoms with van der Waals surface area (Å²) < 4.78 is 13.1. The van der Waals surface area contributed by atoms with Gasteiger partial charge in [-0.1, -0.05) is 18.2 Å². The molecule has 0 radical (unpaired) electrons. The van der Waals surface area contributed by atoms with Crippen LogP contribution in [0.2, 0.25) is 0 Å². The van der Waals surface area contributed by atoms with Crippen molar-refractivity contribution in [2.75, 3.05) is 6.67 Å². The minimum atomic E-state index is -0.355. The molecule has 0 saturated heterocycles. The van der Waals surface area contributed by atoms with Gasteiger partial charge in [0, 0.05) is 9.61 Å². The highest BCUT2D eigenvalue weighted by Crippen LogP contribution is 2.20. The first-order valence-corrected chi connectivity index (χ1v) is 4.89. The maximum atomic E-state index is 12.0. The summed E-state index contributed by atoms with van der Waals surface area (Å²) in [6.07, 6.45) is 0.403. The molecular formula is C9H11FIN. The van der Waals surface area contributed by atoms with Crippen molar-refractivity contribution in [1.29, 1.82) is 0 Å². The van der Waals surface area contributed by atoms with E-state index in [0.717, 1.165) is 9.13 Å². The zero-order valence-electron chi connectivity index (χ0n) is 6.63. The van der Waals surface area contributed by atoms with Crippen LogP contribution in [-0.4, -0.2) is 6.67 Å². The quantitative estimate of drug-likeness (QED) is 0.846. The van der Waals surface area contributed by atoms with Gasteiger partial charge in [-0.25, -0.2) is 0 Å². The second-order valence-corrected chi connectivity index (χ2v) is 3.77. The Kier molecular flexibility index (Phi) is 3.94. The third kappa shape index (κ3) is 2.42. The summed E-state index contributed by atoms with van der Waals surface area (Å²) in [7, 11) is 0. The molecular weight excluding hydrogens is 268 g/mol. The first kappa shape index (κ1) is 9.92. The molecule has 1 nitrogen and oxygen atoms in total. The first-order valence-electron chi connectivity index (χ1n) is 3.81. The molecule has 0 aliphatic heterocycles. The molecule has 3 heteroatoms. The summed E-state index contributed by atoms with van der Waals surface area (Å²) in [6, 6.07) is 7.64. The Morgan fingerprint density at radius 2 is 2.08 bits per heavy atom. The summed E-state index contributed by atoms with van der Waals surface area (Å²) in [5.74, 6) is 0. The molecule has 1 rings (SSSR count). The normalized spacial score (nSPS) is 12.9. The van der Waals surface area contributed by atoms with Crippen LogP contribution in [0.4, 0.5) is 4.39 Å². The Labute approximate surface area is 85.3 Å². The predicted octanol–water partition coefficient (Wildman–Crippen LogP) is 2.65. The number of benzene rings is 1. The second-order valence-electron chi connectivity index (χ2n) is 2.61. The lowest BCUT2D eigenvalue weighted by Gasteiger charge is -2.11. The molecule has 66 valence electrons. The third-order valence-corrected chi connectivity index (χ3v) is 2.71. The standard InChI is InChI=1S/C9H11FIN/c10-6-5-9(12)7-3-1-2-4-8(7)11/h1-4,9H,5-6,12H2/t9-/m0/s1. The Morgan fingerprint density at radius 3 is 2.67 bits per heavy atom. The van der Waals surface area contributed by atoms with Gasteiger partial charge in [0.1, 0.15) is 0 Å². The molecule has 1 aromatic rings. The highest BCUT2D eigenvalue weighted by molar-refractivity contribution is 14.1. The number of hydrogen-bond acceptors (Lipinski definition) is 1. The van der Waals surface area contributed by atoms with E-state index in [2.05, 4.69) is 22.6 Å². The van der Waals surface area contributed by atoms with Crippen LogP contribution in [0.5, 0.6) is 0 Å². The molecule has 0 bridgehead atoms. The number of halogens is 2. The lowest BCUT2D eigenvalue weighted by Crippen LogP contribution is -2.12. The topological polar surface area (TPSA) is 26.0 Å². The van der Waals surface area contributed by atoms with Crippen LogP contribution >= 0.6 is 22.6 Å². The highest BCUT2D eigenvalue weighted by Gasteiger charge is 2.07. The SMILES string of the molecule is N[C@@H](CCF)c1ccccc1I. The van der Waals surface area contributed by atoms with E-state index in [9.17, 15) is 4.39 Å². The molecule has 0 aliphatic rings. The van der Waals surface area contributed by atoms with Crippen LogP contribution < -0.4 is 5.73 Å². The van der Waals surface area contributed by atoms with Crippen LogP contribution in [-0.2, 0) is 0 Å². The van der Waals surface area contributed by atoms with Crippen molar-refractivity contribution in [2.24, 2.45) is 5.73 Å². The van der Waals surface area contributed by atoms with Crippen LogP contribution in [0.25, 0.3) is 0 Å². The summed E-state index contributed by atoms with van der Waals surface area (Å²) >= 11 is 2.21. The predicted molar refractivity (Wildman–Crippen MR) is 56.7 cm³/mol. The minimum Gasteiger partial charge on any atom is -0.324 e. The fourth-order valence-corrected chi connectivity index (χ4v) is 1.84. The van der Waals surface area contributed by atoms with E-state index in [1.54, 1.807) is 0 Å². The zero-order chi connectivity index (χ0) is 8.97. The molecule has 0 aliphatic carbocycles. The average Bonchev–Trinajstić information content (AvgIpc) is 2.05. The summed E-state index contributed by atoms with van der Waals surface area (Å²) in [6.45, 7) is -0.355. The van der Waals surface area contributed by atoms with Gasteiger partial charge >= 0.3 is 0 Å². The largest absolute Gasteiger partial charge is 0.324 e. The van der Waals surface area contributed by atoms with E-state index in [1.807, 2.05) is 24.3 Å². The van der Waals surface area contributed by atoms with Gasteiger partial charge < -0.3 is 5.73 Å². The molecule has 1 atom stereocenters. The van der Waals surface area contributed by atoms with Gasteiger partial charge in [0.2, 0.25) is 0 Å². The molecule has 1 aromatic carbocycles. The van der Waals surface area contributed by atoms with Gasteiger partial charge in [0.05, 0.1) is 6.67 Å². The lowest BCUT2D eigenvalue weighted by atomic mass is 10.1. The van der Waals surface area contributed by atoms with E-state index in [1.165, 1.54) is 0 Å². The number of nitrogens with two attached hydrogens (primary N) is 1. The minimum absolute atomic E-state index is 0.164. The van der Waals surface area contributed by atoms with Gasteiger partial charge in [-0.15, -0.1) is 0 Å². The Morgan fingerprint density at radius 1 is 1.42 bits per heavy atom. The number of hydrogen-bond donors (Lipinski definition) is 1. The monoisotopic (exact) mass is 279 g/mol. The Balaban J connectivity index is 2.79. The molecule has 12 heavy (non-hydrogen) atoms. The first-order chi connectivity index (χ1) is 5.75. The van der Waals surface area contributed by atoms with Crippen molar-refractivity contribution >= 4 is 22.6 Å². The van der Waals surface area contributed by atoms with E-state index in [-0.39, 0.29) is 12.7 Å². The van der Waals surface area contributed by atoms with Gasteiger partial charge in [-0.05, 0) is 40.6 Å². The lowest BCUT2D eigenvalue weighted by molar-refractivity contribution is 0.441. The zero-order valence-corrected chi connectivity index (χ0v) is 8.79. The van der Waals surface area contributed by atoms with Crippen molar-refractivity contribution < 1.29 is 4.39 Å². The highest BCUT2D eigenvalue weighted by atomic mass is 127. The molecule has 0 unspecified atom stereocenters. The van der Waals surface area contributed by atoms with Crippen molar-refractivity contribution in [2.45, 2.75) is 12.5 Å². The van der Waals surface area contributed by atoms with Crippen LogP contribution in [0.15, 0.2) is 24.3 Å². The molecule has 0 amide bonds. The molecule has 2 N–H and O–H groups in total. The fraction of sp³-hybridized carbons (Fsp3) is 0.333. The van der Waals surface area contributed by atoms with Crippen molar-refractivity contribution in [3.63, 3.8) is 0 Å². The van der Waals surface area contributed by atoms with E-state index < -0.39 is 0 Å². The van der Waals surface area contributed by atoms with E-state index in [4.69, 9.17) is 5.73 Å².